The minimum Gasteiger partial charge on any atom is -0.491 e. The lowest BCUT2D eigenvalue weighted by molar-refractivity contribution is 0.300. The molecule has 0 fully saturated rings. The van der Waals surface area contributed by atoms with Crippen LogP contribution in [0.4, 0.5) is 0 Å². The van der Waals surface area contributed by atoms with E-state index in [2.05, 4.69) is 51.2 Å². The van der Waals surface area contributed by atoms with Gasteiger partial charge in [0.05, 0.1) is 6.04 Å². The topological polar surface area (TPSA) is 21.3 Å². The number of benzene rings is 1. The Labute approximate surface area is 104 Å². The predicted molar refractivity (Wildman–Crippen MR) is 71.7 cm³/mol. The van der Waals surface area contributed by atoms with Crippen LogP contribution in [0.2, 0.25) is 0 Å². The normalized spacial score (nSPS) is 20.2. The van der Waals surface area contributed by atoms with E-state index in [1.165, 1.54) is 11.1 Å². The van der Waals surface area contributed by atoms with E-state index >= 15 is 0 Å². The van der Waals surface area contributed by atoms with E-state index in [0.717, 1.165) is 18.8 Å². The highest BCUT2D eigenvalue weighted by atomic mass is 16.5. The van der Waals surface area contributed by atoms with Crippen LogP contribution >= 0.6 is 0 Å². The molecule has 1 aliphatic rings. The SMILES string of the molecule is CCC(C)c1cccc2c1OCC2NC(C)C. The zero-order chi connectivity index (χ0) is 12.4. The molecule has 94 valence electrons. The fraction of sp³-hybridized carbons (Fsp3) is 0.600. The standard InChI is InChI=1S/C15H23NO/c1-5-11(4)12-7-6-8-13-14(16-10(2)3)9-17-15(12)13/h6-8,10-11,14,16H,5,9H2,1-4H3. The highest BCUT2D eigenvalue weighted by Crippen LogP contribution is 2.39. The average molecular weight is 233 g/mol. The molecule has 0 bridgehead atoms. The quantitative estimate of drug-likeness (QED) is 0.857. The molecule has 1 aromatic rings. The first-order valence-electron chi connectivity index (χ1n) is 6.65. The first-order chi connectivity index (χ1) is 8.13. The van der Waals surface area contributed by atoms with Crippen molar-refractivity contribution in [3.63, 3.8) is 0 Å². The van der Waals surface area contributed by atoms with Crippen molar-refractivity contribution in [3.05, 3.63) is 29.3 Å². The van der Waals surface area contributed by atoms with Crippen molar-refractivity contribution in [1.29, 1.82) is 0 Å². The summed E-state index contributed by atoms with van der Waals surface area (Å²) in [5.74, 6) is 1.70. The molecule has 2 rings (SSSR count). The van der Waals surface area contributed by atoms with E-state index in [1.807, 2.05) is 0 Å². The number of hydrogen-bond donors (Lipinski definition) is 1. The van der Waals surface area contributed by atoms with Gasteiger partial charge in [-0.05, 0) is 17.9 Å². The van der Waals surface area contributed by atoms with Crippen molar-refractivity contribution in [1.82, 2.24) is 5.32 Å². The third kappa shape index (κ3) is 2.47. The molecule has 2 atom stereocenters. The molecule has 2 nitrogen and oxygen atoms in total. The molecule has 0 saturated carbocycles. The second-order valence-electron chi connectivity index (χ2n) is 5.26. The van der Waals surface area contributed by atoms with Crippen LogP contribution in [0.5, 0.6) is 5.75 Å². The van der Waals surface area contributed by atoms with Gasteiger partial charge in [0.1, 0.15) is 12.4 Å². The fourth-order valence-corrected chi connectivity index (χ4v) is 2.42. The minimum absolute atomic E-state index is 0.356. The van der Waals surface area contributed by atoms with Crippen LogP contribution in [0, 0.1) is 0 Å². The Morgan fingerprint density at radius 3 is 2.76 bits per heavy atom. The lowest BCUT2D eigenvalue weighted by Gasteiger charge is -2.16. The van der Waals surface area contributed by atoms with Gasteiger partial charge in [-0.25, -0.2) is 0 Å². The Morgan fingerprint density at radius 2 is 2.12 bits per heavy atom. The van der Waals surface area contributed by atoms with Gasteiger partial charge < -0.3 is 10.1 Å². The summed E-state index contributed by atoms with van der Waals surface area (Å²) in [5, 5.41) is 3.56. The number of para-hydroxylation sites is 1. The molecule has 0 radical (unpaired) electrons. The molecule has 17 heavy (non-hydrogen) atoms. The molecule has 0 amide bonds. The maximum atomic E-state index is 5.90. The van der Waals surface area contributed by atoms with E-state index in [9.17, 15) is 0 Å². The molecule has 2 heteroatoms. The van der Waals surface area contributed by atoms with Crippen LogP contribution in [0.25, 0.3) is 0 Å². The maximum absolute atomic E-state index is 5.90. The number of rotatable bonds is 4. The first-order valence-corrected chi connectivity index (χ1v) is 6.65. The summed E-state index contributed by atoms with van der Waals surface area (Å²) < 4.78 is 5.90. The van der Waals surface area contributed by atoms with E-state index < -0.39 is 0 Å². The second kappa shape index (κ2) is 5.09. The first kappa shape index (κ1) is 12.4. The van der Waals surface area contributed by atoms with Crippen LogP contribution in [0.15, 0.2) is 18.2 Å². The van der Waals surface area contributed by atoms with Crippen molar-refractivity contribution in [3.8, 4) is 5.75 Å². The number of nitrogens with one attached hydrogen (secondary N) is 1. The largest absolute Gasteiger partial charge is 0.491 e. The summed E-state index contributed by atoms with van der Waals surface area (Å²) in [6, 6.07) is 7.39. The van der Waals surface area contributed by atoms with E-state index in [1.54, 1.807) is 0 Å². The van der Waals surface area contributed by atoms with Crippen LogP contribution in [0.3, 0.4) is 0 Å². The average Bonchev–Trinajstić information content (AvgIpc) is 2.71. The van der Waals surface area contributed by atoms with Gasteiger partial charge in [-0.2, -0.15) is 0 Å². The molecule has 1 heterocycles. The monoisotopic (exact) mass is 233 g/mol. The van der Waals surface area contributed by atoms with Crippen molar-refractivity contribution in [2.24, 2.45) is 0 Å². The predicted octanol–water partition coefficient (Wildman–Crippen LogP) is 3.63. The minimum atomic E-state index is 0.356. The van der Waals surface area contributed by atoms with Crippen LogP contribution in [-0.2, 0) is 0 Å². The number of fused-ring (bicyclic) bond motifs is 1. The van der Waals surface area contributed by atoms with Crippen molar-refractivity contribution in [2.45, 2.75) is 52.1 Å². The summed E-state index contributed by atoms with van der Waals surface area (Å²) in [6.07, 6.45) is 1.15. The summed E-state index contributed by atoms with van der Waals surface area (Å²) in [5.41, 5.74) is 2.69. The van der Waals surface area contributed by atoms with Gasteiger partial charge in [0.15, 0.2) is 0 Å². The lowest BCUT2D eigenvalue weighted by atomic mass is 9.94. The Hall–Kier alpha value is -1.02. The van der Waals surface area contributed by atoms with Gasteiger partial charge >= 0.3 is 0 Å². The van der Waals surface area contributed by atoms with Crippen LogP contribution in [0.1, 0.15) is 57.2 Å². The Morgan fingerprint density at radius 1 is 1.35 bits per heavy atom. The third-order valence-corrected chi connectivity index (χ3v) is 3.52. The van der Waals surface area contributed by atoms with E-state index in [-0.39, 0.29) is 0 Å². The molecule has 0 saturated heterocycles. The van der Waals surface area contributed by atoms with E-state index in [4.69, 9.17) is 4.74 Å². The summed E-state index contributed by atoms with van der Waals surface area (Å²) >= 11 is 0. The Balaban J connectivity index is 2.29. The fourth-order valence-electron chi connectivity index (χ4n) is 2.42. The zero-order valence-electron chi connectivity index (χ0n) is 11.3. The molecular formula is C15H23NO. The summed E-state index contributed by atoms with van der Waals surface area (Å²) in [6.45, 7) is 9.61. The van der Waals surface area contributed by atoms with Crippen LogP contribution in [-0.4, -0.2) is 12.6 Å². The van der Waals surface area contributed by atoms with Crippen molar-refractivity contribution in [2.75, 3.05) is 6.61 Å². The lowest BCUT2D eigenvalue weighted by Crippen LogP contribution is -2.28. The molecule has 0 aromatic heterocycles. The Bertz CT molecular complexity index is 387. The number of ether oxygens (including phenoxy) is 1. The van der Waals surface area contributed by atoms with E-state index in [0.29, 0.717) is 18.0 Å². The maximum Gasteiger partial charge on any atom is 0.127 e. The highest BCUT2D eigenvalue weighted by Gasteiger charge is 2.27. The highest BCUT2D eigenvalue weighted by molar-refractivity contribution is 5.47. The van der Waals surface area contributed by atoms with Crippen molar-refractivity contribution < 1.29 is 4.74 Å². The molecule has 1 aromatic carbocycles. The molecular weight excluding hydrogens is 210 g/mol. The smallest absolute Gasteiger partial charge is 0.127 e. The van der Waals surface area contributed by atoms with Crippen LogP contribution < -0.4 is 10.1 Å². The van der Waals surface area contributed by atoms with Gasteiger partial charge in [-0.3, -0.25) is 0 Å². The van der Waals surface area contributed by atoms with Gasteiger partial charge in [0.25, 0.3) is 0 Å². The number of hydrogen-bond acceptors (Lipinski definition) is 2. The summed E-state index contributed by atoms with van der Waals surface area (Å²) in [7, 11) is 0. The van der Waals surface area contributed by atoms with Crippen molar-refractivity contribution >= 4 is 0 Å². The molecule has 2 unspecified atom stereocenters. The molecule has 0 spiro atoms. The molecule has 0 aliphatic carbocycles. The third-order valence-electron chi connectivity index (χ3n) is 3.52. The zero-order valence-corrected chi connectivity index (χ0v) is 11.3. The van der Waals surface area contributed by atoms with Gasteiger partial charge in [-0.1, -0.05) is 45.9 Å². The second-order valence-corrected chi connectivity index (χ2v) is 5.26. The molecule has 1 N–H and O–H groups in total. The molecule has 1 aliphatic heterocycles. The van der Waals surface area contributed by atoms with Gasteiger partial charge in [0.2, 0.25) is 0 Å². The Kier molecular flexibility index (Phi) is 3.72. The van der Waals surface area contributed by atoms with Gasteiger partial charge in [0, 0.05) is 11.6 Å². The van der Waals surface area contributed by atoms with Gasteiger partial charge in [-0.15, -0.1) is 0 Å². The summed E-state index contributed by atoms with van der Waals surface area (Å²) in [4.78, 5) is 0.